The van der Waals surface area contributed by atoms with E-state index in [1.807, 2.05) is 6.92 Å². The summed E-state index contributed by atoms with van der Waals surface area (Å²) in [6.45, 7) is 5.10. The van der Waals surface area contributed by atoms with E-state index in [2.05, 4.69) is 11.3 Å². The molecule has 0 spiro atoms. The molecule has 0 aliphatic carbocycles. The van der Waals surface area contributed by atoms with Crippen molar-refractivity contribution in [2.75, 3.05) is 0 Å². The van der Waals surface area contributed by atoms with Gasteiger partial charge in [-0.15, -0.1) is 0 Å². The van der Waals surface area contributed by atoms with Gasteiger partial charge in [-0.05, 0) is 6.42 Å². The first-order valence-electron chi connectivity index (χ1n) is 4.71. The Morgan fingerprint density at radius 2 is 2.06 bits per heavy atom. The zero-order chi connectivity index (χ0) is 11.9. The van der Waals surface area contributed by atoms with Gasteiger partial charge in [-0.3, -0.25) is 4.55 Å². The predicted molar refractivity (Wildman–Crippen MR) is 62.9 cm³/mol. The Bertz CT molecular complexity index is 312. The van der Waals surface area contributed by atoms with Crippen LogP contribution in [-0.4, -0.2) is 53.9 Å². The van der Waals surface area contributed by atoms with Gasteiger partial charge >= 0.3 is 45.6 Å². The molecule has 0 aliphatic heterocycles. The molecule has 0 amide bonds. The van der Waals surface area contributed by atoms with Crippen LogP contribution in [0.25, 0.3) is 0 Å². The minimum absolute atomic E-state index is 0. The van der Waals surface area contributed by atoms with Gasteiger partial charge in [-0.1, -0.05) is 26.3 Å². The maximum atomic E-state index is 10.8. The van der Waals surface area contributed by atoms with Gasteiger partial charge in [0.05, 0.1) is 0 Å². The normalized spacial score (nSPS) is 12.4. The molecule has 1 N–H and O–H groups in total. The summed E-state index contributed by atoms with van der Waals surface area (Å²) in [5.74, 6) is -0.853. The first-order chi connectivity index (χ1) is 6.91. The third-order valence-electron chi connectivity index (χ3n) is 1.79. The van der Waals surface area contributed by atoms with Crippen LogP contribution in [0, 0.1) is 0 Å². The summed E-state index contributed by atoms with van der Waals surface area (Å²) >= 11 is 0. The molecule has 90 valence electrons. The molecule has 0 heterocycles. The van der Waals surface area contributed by atoms with Gasteiger partial charge in [0.2, 0.25) is 5.44 Å². The fourth-order valence-corrected chi connectivity index (χ4v) is 1.69. The molecule has 0 radical (unpaired) electrons. The first-order valence-corrected chi connectivity index (χ1v) is 6.21. The monoisotopic (exact) mass is 260 g/mol. The number of unbranched alkanes of at least 4 members (excludes halogenated alkanes) is 2. The number of hydrogen-bond acceptors (Lipinski definition) is 4. The van der Waals surface area contributed by atoms with Crippen LogP contribution < -0.4 is 0 Å². The molecule has 0 aromatic carbocycles. The molecule has 0 aromatic heterocycles. The Kier molecular flexibility index (Phi) is 10.6. The Morgan fingerprint density at radius 1 is 1.50 bits per heavy atom. The zero-order valence-corrected chi connectivity index (χ0v) is 9.50. The Hall–Kier alpha value is 0.120. The third kappa shape index (κ3) is 8.29. The molecule has 0 saturated carbocycles. The van der Waals surface area contributed by atoms with E-state index in [-0.39, 0.29) is 36.0 Å². The summed E-state index contributed by atoms with van der Waals surface area (Å²) in [4.78, 5) is 10.8. The van der Waals surface area contributed by atoms with E-state index in [4.69, 9.17) is 4.55 Å². The summed E-state index contributed by atoms with van der Waals surface area (Å²) in [6.07, 6.45) is 3.26. The van der Waals surface area contributed by atoms with Crippen molar-refractivity contribution in [1.29, 1.82) is 0 Å². The van der Waals surface area contributed by atoms with Crippen molar-refractivity contribution in [2.45, 2.75) is 38.0 Å². The molecule has 0 fully saturated rings. The van der Waals surface area contributed by atoms with Crippen LogP contribution in [0.5, 0.6) is 0 Å². The van der Waals surface area contributed by atoms with E-state index in [9.17, 15) is 13.2 Å². The topological polar surface area (TPSA) is 80.7 Å². The second kappa shape index (κ2) is 9.18. The van der Waals surface area contributed by atoms with E-state index in [1.165, 1.54) is 0 Å². The van der Waals surface area contributed by atoms with Gasteiger partial charge in [-0.2, -0.15) is 8.42 Å². The Labute approximate surface area is 118 Å². The molecular weight excluding hydrogens is 243 g/mol. The van der Waals surface area contributed by atoms with Crippen LogP contribution in [0.1, 0.15) is 32.6 Å². The molecule has 0 aliphatic rings. The molecule has 7 heteroatoms. The summed E-state index contributed by atoms with van der Waals surface area (Å²) in [5.41, 5.74) is -1.48. The van der Waals surface area contributed by atoms with E-state index >= 15 is 0 Å². The molecule has 0 rings (SSSR count). The van der Waals surface area contributed by atoms with Gasteiger partial charge in [0.25, 0.3) is 0 Å². The zero-order valence-electron chi connectivity index (χ0n) is 8.68. The first kappa shape index (κ1) is 18.5. The average molecular weight is 260 g/mol. The predicted octanol–water partition coefficient (Wildman–Crippen LogP) is 0.861. The summed E-state index contributed by atoms with van der Waals surface area (Å²) in [7, 11) is -4.34. The van der Waals surface area contributed by atoms with Crippen molar-refractivity contribution in [2.24, 2.45) is 0 Å². The van der Waals surface area contributed by atoms with Crippen molar-refractivity contribution >= 4 is 45.6 Å². The molecular formula is C9H17NaO5S. The van der Waals surface area contributed by atoms with E-state index < -0.39 is 21.5 Å². The summed E-state index contributed by atoms with van der Waals surface area (Å²) < 4.78 is 34.9. The van der Waals surface area contributed by atoms with Crippen molar-refractivity contribution in [3.63, 3.8) is 0 Å². The number of ether oxygens (including phenoxy) is 1. The molecule has 5 nitrogen and oxygen atoms in total. The SMILES string of the molecule is C=CC(=O)OC(CCCCC)S(=O)(=O)O.[NaH]. The van der Waals surface area contributed by atoms with Gasteiger partial charge in [0, 0.05) is 12.5 Å². The number of esters is 1. The number of carbonyl (C=O) groups is 1. The molecule has 16 heavy (non-hydrogen) atoms. The molecule has 0 bridgehead atoms. The van der Waals surface area contributed by atoms with Crippen LogP contribution >= 0.6 is 0 Å². The average Bonchev–Trinajstić information content (AvgIpc) is 2.14. The number of carbonyl (C=O) groups excluding carboxylic acids is 1. The third-order valence-corrected chi connectivity index (χ3v) is 2.79. The van der Waals surface area contributed by atoms with E-state index in [0.717, 1.165) is 18.9 Å². The van der Waals surface area contributed by atoms with E-state index in [0.29, 0.717) is 6.42 Å². The van der Waals surface area contributed by atoms with Crippen LogP contribution in [-0.2, 0) is 19.6 Å². The summed E-state index contributed by atoms with van der Waals surface area (Å²) in [5, 5.41) is 0. The van der Waals surface area contributed by atoms with Crippen molar-refractivity contribution in [3.8, 4) is 0 Å². The van der Waals surface area contributed by atoms with Crippen LogP contribution in [0.3, 0.4) is 0 Å². The maximum absolute atomic E-state index is 10.8. The molecule has 1 atom stereocenters. The van der Waals surface area contributed by atoms with Crippen LogP contribution in [0.2, 0.25) is 0 Å². The van der Waals surface area contributed by atoms with Crippen molar-refractivity contribution in [3.05, 3.63) is 12.7 Å². The van der Waals surface area contributed by atoms with Crippen LogP contribution in [0.15, 0.2) is 12.7 Å². The molecule has 0 saturated heterocycles. The second-order valence-electron chi connectivity index (χ2n) is 3.08. The molecule has 1 unspecified atom stereocenters. The number of hydrogen-bond donors (Lipinski definition) is 1. The van der Waals surface area contributed by atoms with E-state index in [1.54, 1.807) is 0 Å². The van der Waals surface area contributed by atoms with Crippen LogP contribution in [0.4, 0.5) is 0 Å². The van der Waals surface area contributed by atoms with Gasteiger partial charge in [0.15, 0.2) is 0 Å². The van der Waals surface area contributed by atoms with Crippen molar-refractivity contribution in [1.82, 2.24) is 0 Å². The fraction of sp³-hybridized carbons (Fsp3) is 0.667. The minimum atomic E-state index is -4.34. The van der Waals surface area contributed by atoms with Gasteiger partial charge in [0.1, 0.15) is 0 Å². The van der Waals surface area contributed by atoms with Gasteiger partial charge < -0.3 is 4.74 Å². The standard InChI is InChI=1S/C9H16O5S.Na.H/c1-3-5-6-7-9(15(11,12)13)14-8(10)4-2;;/h4,9H,2-3,5-7H2,1H3,(H,11,12,13);;. The van der Waals surface area contributed by atoms with Gasteiger partial charge in [-0.25, -0.2) is 4.79 Å². The number of rotatable bonds is 7. The summed E-state index contributed by atoms with van der Waals surface area (Å²) in [6, 6.07) is 0. The second-order valence-corrected chi connectivity index (χ2v) is 4.64. The fourth-order valence-electron chi connectivity index (χ4n) is 1.01. The quantitative estimate of drug-likeness (QED) is 0.241. The molecule has 0 aromatic rings. The Balaban J connectivity index is 0. The Morgan fingerprint density at radius 3 is 2.44 bits per heavy atom. The van der Waals surface area contributed by atoms with Crippen molar-refractivity contribution < 1.29 is 22.5 Å².